The van der Waals surface area contributed by atoms with Crippen molar-refractivity contribution in [1.29, 1.82) is 0 Å². The van der Waals surface area contributed by atoms with Crippen LogP contribution in [0.4, 0.5) is 5.69 Å². The molecule has 1 amide bonds. The lowest BCUT2D eigenvalue weighted by Gasteiger charge is -2.21. The van der Waals surface area contributed by atoms with Crippen LogP contribution >= 0.6 is 11.6 Å². The summed E-state index contributed by atoms with van der Waals surface area (Å²) in [6.45, 7) is 3.42. The monoisotopic (exact) mass is 284 g/mol. The molecule has 0 heterocycles. The first-order valence-corrected chi connectivity index (χ1v) is 6.19. The average molecular weight is 285 g/mol. The Labute approximate surface area is 117 Å². The molecule has 19 heavy (non-hydrogen) atoms. The molecule has 0 bridgehead atoms. The molecule has 5 nitrogen and oxygen atoms in total. The fourth-order valence-corrected chi connectivity index (χ4v) is 1.51. The number of carbonyl (C=O) groups excluding carboxylic acids is 2. The van der Waals surface area contributed by atoms with E-state index >= 15 is 0 Å². The summed E-state index contributed by atoms with van der Waals surface area (Å²) >= 11 is 5.90. The predicted molar refractivity (Wildman–Crippen MR) is 74.1 cm³/mol. The number of nitrogens with two attached hydrogens (primary N) is 1. The quantitative estimate of drug-likeness (QED) is 0.677. The van der Waals surface area contributed by atoms with E-state index in [-0.39, 0.29) is 29.1 Å². The normalized spacial score (nSPS) is 10.4. The van der Waals surface area contributed by atoms with Crippen molar-refractivity contribution in [2.45, 2.75) is 19.9 Å². The molecule has 1 aromatic rings. The second-order valence-electron chi connectivity index (χ2n) is 4.38. The van der Waals surface area contributed by atoms with Gasteiger partial charge in [-0.05, 0) is 26.0 Å². The van der Waals surface area contributed by atoms with Gasteiger partial charge < -0.3 is 15.4 Å². The van der Waals surface area contributed by atoms with E-state index < -0.39 is 5.97 Å². The van der Waals surface area contributed by atoms with E-state index in [1.807, 2.05) is 13.8 Å². The molecule has 0 aliphatic heterocycles. The number of amides is 1. The molecular weight excluding hydrogens is 268 g/mol. The van der Waals surface area contributed by atoms with E-state index in [1.165, 1.54) is 11.0 Å². The van der Waals surface area contributed by atoms with Crippen LogP contribution < -0.4 is 5.73 Å². The Bertz CT molecular complexity index is 489. The van der Waals surface area contributed by atoms with Crippen LogP contribution in [-0.2, 0) is 9.53 Å². The zero-order chi connectivity index (χ0) is 14.6. The largest absolute Gasteiger partial charge is 0.452 e. The van der Waals surface area contributed by atoms with Crippen LogP contribution in [0.5, 0.6) is 0 Å². The van der Waals surface area contributed by atoms with Crippen LogP contribution in [0.15, 0.2) is 18.2 Å². The summed E-state index contributed by atoms with van der Waals surface area (Å²) in [5.74, 6) is -0.939. The van der Waals surface area contributed by atoms with E-state index in [0.29, 0.717) is 5.69 Å². The van der Waals surface area contributed by atoms with Crippen molar-refractivity contribution in [2.75, 3.05) is 19.4 Å². The smallest absolute Gasteiger partial charge is 0.340 e. The van der Waals surface area contributed by atoms with E-state index in [9.17, 15) is 9.59 Å². The van der Waals surface area contributed by atoms with Crippen LogP contribution in [0.2, 0.25) is 5.02 Å². The number of ether oxygens (including phenoxy) is 1. The van der Waals surface area contributed by atoms with Crippen molar-refractivity contribution in [3.05, 3.63) is 28.8 Å². The van der Waals surface area contributed by atoms with Gasteiger partial charge in [0.2, 0.25) is 0 Å². The Hall–Kier alpha value is -1.75. The fourth-order valence-electron chi connectivity index (χ4n) is 1.30. The average Bonchev–Trinajstić information content (AvgIpc) is 2.37. The summed E-state index contributed by atoms with van der Waals surface area (Å²) in [4.78, 5) is 24.9. The Morgan fingerprint density at radius 3 is 2.63 bits per heavy atom. The summed E-state index contributed by atoms with van der Waals surface area (Å²) in [6.07, 6.45) is 0. The number of nitrogen functional groups attached to an aromatic ring is 1. The lowest BCUT2D eigenvalue weighted by Crippen LogP contribution is -2.36. The number of hydrogen-bond acceptors (Lipinski definition) is 4. The first kappa shape index (κ1) is 15.3. The van der Waals surface area contributed by atoms with Gasteiger partial charge in [0.05, 0.1) is 16.3 Å². The van der Waals surface area contributed by atoms with Gasteiger partial charge >= 0.3 is 5.97 Å². The molecule has 0 saturated carbocycles. The highest BCUT2D eigenvalue weighted by atomic mass is 35.5. The first-order valence-electron chi connectivity index (χ1n) is 5.81. The number of hydrogen-bond donors (Lipinski definition) is 1. The van der Waals surface area contributed by atoms with Gasteiger partial charge in [-0.3, -0.25) is 4.79 Å². The minimum absolute atomic E-state index is 0.0437. The highest BCUT2D eigenvalue weighted by Crippen LogP contribution is 2.23. The maximum absolute atomic E-state index is 11.8. The fraction of sp³-hybridized carbons (Fsp3) is 0.385. The highest BCUT2D eigenvalue weighted by molar-refractivity contribution is 6.36. The molecule has 1 aromatic carbocycles. The van der Waals surface area contributed by atoms with Crippen LogP contribution in [0, 0.1) is 0 Å². The molecule has 0 aromatic heterocycles. The number of anilines is 1. The number of benzene rings is 1. The van der Waals surface area contributed by atoms with E-state index in [1.54, 1.807) is 19.2 Å². The predicted octanol–water partition coefficient (Wildman–Crippen LogP) is 1.95. The molecule has 0 aliphatic rings. The SMILES string of the molecule is CC(C)N(C)C(=O)COC(=O)c1cccc(N)c1Cl. The van der Waals surface area contributed by atoms with Crippen molar-refractivity contribution in [1.82, 2.24) is 4.90 Å². The first-order chi connectivity index (χ1) is 8.84. The van der Waals surface area contributed by atoms with Gasteiger partial charge in [-0.1, -0.05) is 17.7 Å². The third-order valence-corrected chi connectivity index (χ3v) is 3.17. The molecule has 0 atom stereocenters. The number of carbonyl (C=O) groups is 2. The van der Waals surface area contributed by atoms with Crippen molar-refractivity contribution >= 4 is 29.2 Å². The zero-order valence-corrected chi connectivity index (χ0v) is 11.9. The molecular formula is C13H17ClN2O3. The molecule has 0 radical (unpaired) electrons. The van der Waals surface area contributed by atoms with Crippen molar-refractivity contribution in [3.8, 4) is 0 Å². The van der Waals surface area contributed by atoms with Gasteiger partial charge in [-0.15, -0.1) is 0 Å². The third kappa shape index (κ3) is 3.86. The van der Waals surface area contributed by atoms with Gasteiger partial charge in [0, 0.05) is 13.1 Å². The molecule has 0 saturated heterocycles. The van der Waals surface area contributed by atoms with E-state index in [4.69, 9.17) is 22.1 Å². The van der Waals surface area contributed by atoms with Gasteiger partial charge in [0.1, 0.15) is 0 Å². The lowest BCUT2D eigenvalue weighted by atomic mass is 10.2. The van der Waals surface area contributed by atoms with Crippen molar-refractivity contribution < 1.29 is 14.3 Å². The van der Waals surface area contributed by atoms with Crippen LogP contribution in [0.3, 0.4) is 0 Å². The summed E-state index contributed by atoms with van der Waals surface area (Å²) in [5.41, 5.74) is 6.04. The molecule has 0 unspecified atom stereocenters. The minimum Gasteiger partial charge on any atom is -0.452 e. The Morgan fingerprint density at radius 2 is 2.05 bits per heavy atom. The van der Waals surface area contributed by atoms with Crippen molar-refractivity contribution in [2.24, 2.45) is 0 Å². The number of nitrogens with zero attached hydrogens (tertiary/aromatic N) is 1. The number of halogens is 1. The summed E-state index contributed by atoms with van der Waals surface area (Å²) in [7, 11) is 1.65. The summed E-state index contributed by atoms with van der Waals surface area (Å²) in [5, 5.41) is 0.136. The van der Waals surface area contributed by atoms with Gasteiger partial charge in [0.25, 0.3) is 5.91 Å². The van der Waals surface area contributed by atoms with Crippen LogP contribution in [0.25, 0.3) is 0 Å². The van der Waals surface area contributed by atoms with E-state index in [2.05, 4.69) is 0 Å². The molecule has 2 N–H and O–H groups in total. The molecule has 6 heteroatoms. The second-order valence-corrected chi connectivity index (χ2v) is 4.76. The molecule has 0 fully saturated rings. The van der Waals surface area contributed by atoms with Gasteiger partial charge in [-0.25, -0.2) is 4.79 Å². The van der Waals surface area contributed by atoms with E-state index in [0.717, 1.165) is 0 Å². The number of esters is 1. The molecule has 1 rings (SSSR count). The van der Waals surface area contributed by atoms with Gasteiger partial charge in [-0.2, -0.15) is 0 Å². The third-order valence-electron chi connectivity index (χ3n) is 2.74. The van der Waals surface area contributed by atoms with Gasteiger partial charge in [0.15, 0.2) is 6.61 Å². The standard InChI is InChI=1S/C13H17ClN2O3/c1-8(2)16(3)11(17)7-19-13(18)9-5-4-6-10(15)12(9)14/h4-6,8H,7,15H2,1-3H3. The maximum atomic E-state index is 11.8. The van der Waals surface area contributed by atoms with Crippen LogP contribution in [-0.4, -0.2) is 36.5 Å². The Morgan fingerprint density at radius 1 is 1.42 bits per heavy atom. The molecule has 104 valence electrons. The maximum Gasteiger partial charge on any atom is 0.340 e. The van der Waals surface area contributed by atoms with Crippen LogP contribution in [0.1, 0.15) is 24.2 Å². The number of rotatable bonds is 4. The minimum atomic E-state index is -0.664. The Kier molecular flexibility index (Phi) is 5.18. The highest BCUT2D eigenvalue weighted by Gasteiger charge is 2.17. The summed E-state index contributed by atoms with van der Waals surface area (Å²) in [6, 6.07) is 4.72. The zero-order valence-electron chi connectivity index (χ0n) is 11.1. The lowest BCUT2D eigenvalue weighted by molar-refractivity contribution is -0.134. The topological polar surface area (TPSA) is 72.6 Å². The number of likely N-dealkylation sites (N-methyl/N-ethyl adjacent to an activating group) is 1. The van der Waals surface area contributed by atoms with Crippen molar-refractivity contribution in [3.63, 3.8) is 0 Å². The second kappa shape index (κ2) is 6.43. The molecule has 0 aliphatic carbocycles. The Balaban J connectivity index is 2.66. The molecule has 0 spiro atoms. The summed E-state index contributed by atoms with van der Waals surface area (Å²) < 4.78 is 4.93.